The number of benzene rings is 1. The predicted octanol–water partition coefficient (Wildman–Crippen LogP) is 4.01. The van der Waals surface area contributed by atoms with E-state index in [0.717, 1.165) is 41.4 Å². The van der Waals surface area contributed by atoms with Gasteiger partial charge in [0.25, 0.3) is 0 Å². The molecule has 0 atom stereocenters. The highest BCUT2D eigenvalue weighted by atomic mass is 79.9. The van der Waals surface area contributed by atoms with Gasteiger partial charge in [-0.05, 0) is 25.0 Å². The molecule has 0 spiro atoms. The van der Waals surface area contributed by atoms with Crippen LogP contribution in [-0.4, -0.2) is 23.6 Å². The second-order valence-corrected chi connectivity index (χ2v) is 5.89. The molecule has 0 aliphatic rings. The van der Waals surface area contributed by atoms with Gasteiger partial charge in [-0.3, -0.25) is 0 Å². The predicted molar refractivity (Wildman–Crippen MR) is 91.8 cm³/mol. The Hall–Kier alpha value is -1.62. The van der Waals surface area contributed by atoms with Crippen LogP contribution in [0.15, 0.2) is 34.8 Å². The van der Waals surface area contributed by atoms with E-state index in [4.69, 9.17) is 0 Å². The molecule has 1 aromatic heterocycles. The quantitative estimate of drug-likeness (QED) is 0.856. The molecule has 0 fully saturated rings. The minimum absolute atomic E-state index is 0.782. The first-order valence-corrected chi connectivity index (χ1v) is 7.93. The van der Waals surface area contributed by atoms with Crippen LogP contribution in [-0.2, 0) is 6.54 Å². The highest BCUT2D eigenvalue weighted by molar-refractivity contribution is 9.10. The molecule has 1 heterocycles. The van der Waals surface area contributed by atoms with Gasteiger partial charge in [0.2, 0.25) is 0 Å². The second kappa shape index (κ2) is 7.41. The first-order chi connectivity index (χ1) is 10.1. The zero-order chi connectivity index (χ0) is 15.2. The molecule has 2 rings (SSSR count). The van der Waals surface area contributed by atoms with Crippen molar-refractivity contribution in [2.45, 2.75) is 26.8 Å². The Labute approximate surface area is 134 Å². The first kappa shape index (κ1) is 15.8. The van der Waals surface area contributed by atoms with Crippen molar-refractivity contribution in [1.29, 1.82) is 0 Å². The third kappa shape index (κ3) is 4.43. The van der Waals surface area contributed by atoms with Crippen molar-refractivity contribution >= 4 is 27.6 Å². The normalized spacial score (nSPS) is 10.5. The fourth-order valence-electron chi connectivity index (χ4n) is 2.05. The second-order valence-electron chi connectivity index (χ2n) is 5.03. The molecule has 5 heteroatoms. The molecule has 0 bridgehead atoms. The van der Waals surface area contributed by atoms with Crippen molar-refractivity contribution in [3.63, 3.8) is 0 Å². The number of nitrogens with one attached hydrogen (secondary N) is 1. The smallest absolute Gasteiger partial charge is 0.134 e. The lowest BCUT2D eigenvalue weighted by molar-refractivity contribution is 0.873. The monoisotopic (exact) mass is 348 g/mol. The summed E-state index contributed by atoms with van der Waals surface area (Å²) in [5, 5.41) is 3.32. The van der Waals surface area contributed by atoms with Gasteiger partial charge in [-0.1, -0.05) is 41.1 Å². The van der Waals surface area contributed by atoms with Gasteiger partial charge < -0.3 is 10.2 Å². The van der Waals surface area contributed by atoms with Crippen LogP contribution in [0.3, 0.4) is 0 Å². The Morgan fingerprint density at radius 3 is 2.71 bits per heavy atom. The molecule has 0 saturated heterocycles. The fraction of sp³-hybridized carbons (Fsp3) is 0.375. The summed E-state index contributed by atoms with van der Waals surface area (Å²) >= 11 is 3.59. The van der Waals surface area contributed by atoms with Crippen LogP contribution in [0.4, 0.5) is 11.6 Å². The summed E-state index contributed by atoms with van der Waals surface area (Å²) in [6, 6.07) is 10.2. The summed E-state index contributed by atoms with van der Waals surface area (Å²) in [4.78, 5) is 11.1. The van der Waals surface area contributed by atoms with E-state index in [1.54, 1.807) is 0 Å². The van der Waals surface area contributed by atoms with E-state index in [2.05, 4.69) is 55.2 Å². The first-order valence-electron chi connectivity index (χ1n) is 7.14. The molecule has 1 aromatic carbocycles. The molecular weight excluding hydrogens is 328 g/mol. The third-order valence-corrected chi connectivity index (χ3v) is 3.91. The summed E-state index contributed by atoms with van der Waals surface area (Å²) in [6.07, 6.45) is 1.07. The van der Waals surface area contributed by atoms with Crippen LogP contribution >= 0.6 is 15.9 Å². The number of halogens is 1. The minimum atomic E-state index is 0.782. The summed E-state index contributed by atoms with van der Waals surface area (Å²) in [5.41, 5.74) is 1.24. The average Bonchev–Trinajstić information content (AvgIpc) is 2.47. The van der Waals surface area contributed by atoms with E-state index in [0.29, 0.717) is 0 Å². The highest BCUT2D eigenvalue weighted by Crippen LogP contribution is 2.21. The molecule has 1 N–H and O–H groups in total. The van der Waals surface area contributed by atoms with Gasteiger partial charge in [-0.2, -0.15) is 0 Å². The Balaban J connectivity index is 2.16. The molecule has 0 aliphatic carbocycles. The number of anilines is 2. The molecule has 0 saturated carbocycles. The van der Waals surface area contributed by atoms with Crippen molar-refractivity contribution in [2.75, 3.05) is 23.8 Å². The van der Waals surface area contributed by atoms with Gasteiger partial charge in [0.15, 0.2) is 0 Å². The minimum Gasteiger partial charge on any atom is -0.370 e. The van der Waals surface area contributed by atoms with Crippen LogP contribution in [0.1, 0.15) is 24.7 Å². The number of rotatable bonds is 6. The summed E-state index contributed by atoms with van der Waals surface area (Å²) in [5.74, 6) is 2.60. The Morgan fingerprint density at radius 2 is 2.00 bits per heavy atom. The van der Waals surface area contributed by atoms with Crippen LogP contribution in [0.25, 0.3) is 0 Å². The summed E-state index contributed by atoms with van der Waals surface area (Å²) in [7, 11) is 2.05. The average molecular weight is 349 g/mol. The van der Waals surface area contributed by atoms with Crippen molar-refractivity contribution in [1.82, 2.24) is 9.97 Å². The number of hydrogen-bond acceptors (Lipinski definition) is 4. The molecule has 0 aliphatic heterocycles. The topological polar surface area (TPSA) is 41.0 Å². The standard InChI is InChI=1S/C16H21BrN4/c1-4-9-18-15-10-16(20-12(2)19-15)21(3)11-13-7-5-6-8-14(13)17/h5-8,10H,4,9,11H2,1-3H3,(H,18,19,20). The number of nitrogens with zero attached hydrogens (tertiary/aromatic N) is 3. The number of hydrogen-bond donors (Lipinski definition) is 1. The summed E-state index contributed by atoms with van der Waals surface area (Å²) in [6.45, 7) is 5.78. The van der Waals surface area contributed by atoms with Gasteiger partial charge in [-0.25, -0.2) is 9.97 Å². The largest absolute Gasteiger partial charge is 0.370 e. The molecule has 112 valence electrons. The maximum absolute atomic E-state index is 4.53. The van der Waals surface area contributed by atoms with Gasteiger partial charge in [-0.15, -0.1) is 0 Å². The van der Waals surface area contributed by atoms with Gasteiger partial charge in [0.1, 0.15) is 17.5 Å². The zero-order valence-electron chi connectivity index (χ0n) is 12.7. The van der Waals surface area contributed by atoms with E-state index in [9.17, 15) is 0 Å². The molecular formula is C16H21BrN4. The maximum Gasteiger partial charge on any atom is 0.134 e. The van der Waals surface area contributed by atoms with Crippen molar-refractivity contribution < 1.29 is 0 Å². The Kier molecular flexibility index (Phi) is 5.56. The molecule has 0 amide bonds. The van der Waals surface area contributed by atoms with Gasteiger partial charge >= 0.3 is 0 Å². The van der Waals surface area contributed by atoms with Crippen molar-refractivity contribution in [2.24, 2.45) is 0 Å². The molecule has 21 heavy (non-hydrogen) atoms. The van der Waals surface area contributed by atoms with Gasteiger partial charge in [0.05, 0.1) is 0 Å². The molecule has 0 unspecified atom stereocenters. The van der Waals surface area contributed by atoms with E-state index in [1.165, 1.54) is 5.56 Å². The fourth-order valence-corrected chi connectivity index (χ4v) is 2.46. The Bertz CT molecular complexity index is 601. The number of aromatic nitrogens is 2. The lowest BCUT2D eigenvalue weighted by Crippen LogP contribution is -2.19. The van der Waals surface area contributed by atoms with E-state index >= 15 is 0 Å². The highest BCUT2D eigenvalue weighted by Gasteiger charge is 2.08. The van der Waals surface area contributed by atoms with Crippen LogP contribution < -0.4 is 10.2 Å². The number of aryl methyl sites for hydroxylation is 1. The van der Waals surface area contributed by atoms with Crippen LogP contribution in [0.5, 0.6) is 0 Å². The van der Waals surface area contributed by atoms with E-state index in [1.807, 2.05) is 32.2 Å². The lowest BCUT2D eigenvalue weighted by atomic mass is 10.2. The lowest BCUT2D eigenvalue weighted by Gasteiger charge is -2.20. The maximum atomic E-state index is 4.53. The van der Waals surface area contributed by atoms with Crippen LogP contribution in [0, 0.1) is 6.92 Å². The Morgan fingerprint density at radius 1 is 1.24 bits per heavy atom. The molecule has 4 nitrogen and oxygen atoms in total. The zero-order valence-corrected chi connectivity index (χ0v) is 14.3. The summed E-state index contributed by atoms with van der Waals surface area (Å²) < 4.78 is 1.12. The molecule has 0 radical (unpaired) electrons. The van der Waals surface area contributed by atoms with Gasteiger partial charge in [0, 0.05) is 30.7 Å². The molecule has 2 aromatic rings. The SMILES string of the molecule is CCCNc1cc(N(C)Cc2ccccc2Br)nc(C)n1. The van der Waals surface area contributed by atoms with Crippen molar-refractivity contribution in [3.05, 3.63) is 46.2 Å². The van der Waals surface area contributed by atoms with Crippen molar-refractivity contribution in [3.8, 4) is 0 Å². The van der Waals surface area contributed by atoms with E-state index < -0.39 is 0 Å². The van der Waals surface area contributed by atoms with E-state index in [-0.39, 0.29) is 0 Å². The third-order valence-electron chi connectivity index (χ3n) is 3.14. The van der Waals surface area contributed by atoms with Crippen LogP contribution in [0.2, 0.25) is 0 Å².